The average Bonchev–Trinajstić information content (AvgIpc) is 2.38. The quantitative estimate of drug-likeness (QED) is 0.887. The lowest BCUT2D eigenvalue weighted by Crippen LogP contribution is -2.45. The van der Waals surface area contributed by atoms with Gasteiger partial charge in [0.2, 0.25) is 0 Å². The number of pyridine rings is 1. The Morgan fingerprint density at radius 1 is 1.37 bits per heavy atom. The van der Waals surface area contributed by atoms with Crippen molar-refractivity contribution in [2.24, 2.45) is 0 Å². The molecule has 1 saturated heterocycles. The molecule has 3 nitrogen and oxygen atoms in total. The molecule has 0 aromatic carbocycles. The fourth-order valence-electron chi connectivity index (χ4n) is 3.43. The maximum atomic E-state index is 5.80. The maximum absolute atomic E-state index is 5.80. The lowest BCUT2D eigenvalue weighted by atomic mass is 9.89. The summed E-state index contributed by atoms with van der Waals surface area (Å²) in [4.78, 5) is 4.61. The summed E-state index contributed by atoms with van der Waals surface area (Å²) >= 11 is 0. The molecule has 1 aromatic heterocycles. The molecule has 1 aliphatic carbocycles. The number of aryl methyl sites for hydroxylation is 1. The molecule has 3 heteroatoms. The van der Waals surface area contributed by atoms with Crippen molar-refractivity contribution < 1.29 is 4.74 Å². The molecule has 1 N–H and O–H groups in total. The third-order valence-corrected chi connectivity index (χ3v) is 4.33. The highest BCUT2D eigenvalue weighted by molar-refractivity contribution is 5.25. The fourth-order valence-corrected chi connectivity index (χ4v) is 3.43. The van der Waals surface area contributed by atoms with Crippen molar-refractivity contribution >= 4 is 0 Å². The molecule has 1 aromatic rings. The third-order valence-electron chi connectivity index (χ3n) is 4.33. The van der Waals surface area contributed by atoms with Crippen molar-refractivity contribution in [1.82, 2.24) is 10.3 Å². The maximum Gasteiger partial charge on any atom is 0.0641 e. The molecule has 1 fully saturated rings. The normalized spacial score (nSPS) is 29.8. The van der Waals surface area contributed by atoms with Crippen LogP contribution >= 0.6 is 0 Å². The zero-order valence-electron chi connectivity index (χ0n) is 12.0. The van der Waals surface area contributed by atoms with Crippen molar-refractivity contribution in [2.45, 2.75) is 63.6 Å². The number of fused-ring (bicyclic) bond motifs is 1. The third kappa shape index (κ3) is 2.98. The molecule has 2 atom stereocenters. The highest BCUT2D eigenvalue weighted by Crippen LogP contribution is 2.31. The van der Waals surface area contributed by atoms with E-state index in [4.69, 9.17) is 4.74 Å². The first-order valence-corrected chi connectivity index (χ1v) is 7.48. The Hall–Kier alpha value is -0.930. The van der Waals surface area contributed by atoms with E-state index in [1.807, 2.05) is 6.20 Å². The first kappa shape index (κ1) is 13.1. The summed E-state index contributed by atoms with van der Waals surface area (Å²) in [6.45, 7) is 5.24. The number of rotatable bonds is 2. The fraction of sp³-hybridized carbons (Fsp3) is 0.688. The van der Waals surface area contributed by atoms with Crippen LogP contribution in [0.3, 0.4) is 0 Å². The van der Waals surface area contributed by atoms with Gasteiger partial charge >= 0.3 is 0 Å². The Morgan fingerprint density at radius 3 is 3.11 bits per heavy atom. The van der Waals surface area contributed by atoms with Gasteiger partial charge in [0.15, 0.2) is 0 Å². The molecule has 0 radical (unpaired) electrons. The minimum Gasteiger partial charge on any atom is -0.375 e. The van der Waals surface area contributed by atoms with Crippen LogP contribution in [0.25, 0.3) is 0 Å². The Labute approximate surface area is 115 Å². The average molecular weight is 260 g/mol. The molecule has 2 unspecified atom stereocenters. The Bertz CT molecular complexity index is 444. The van der Waals surface area contributed by atoms with E-state index in [0.29, 0.717) is 12.1 Å². The van der Waals surface area contributed by atoms with Gasteiger partial charge in [-0.25, -0.2) is 0 Å². The molecule has 0 spiro atoms. The minimum absolute atomic E-state index is 0.0114. The molecule has 19 heavy (non-hydrogen) atoms. The second-order valence-corrected chi connectivity index (χ2v) is 6.46. The Balaban J connectivity index is 1.71. The number of nitrogens with zero attached hydrogens (tertiary/aromatic N) is 1. The summed E-state index contributed by atoms with van der Waals surface area (Å²) in [5.74, 6) is 0. The molecule has 2 aliphatic rings. The second kappa shape index (κ2) is 5.22. The van der Waals surface area contributed by atoms with Crippen LogP contribution in [0, 0.1) is 0 Å². The summed E-state index contributed by atoms with van der Waals surface area (Å²) in [7, 11) is 0. The summed E-state index contributed by atoms with van der Waals surface area (Å²) in [5, 5.41) is 3.83. The first-order chi connectivity index (χ1) is 9.14. The van der Waals surface area contributed by atoms with Gasteiger partial charge in [-0.1, -0.05) is 6.07 Å². The van der Waals surface area contributed by atoms with Crippen LogP contribution in [-0.4, -0.2) is 23.2 Å². The predicted octanol–water partition coefficient (Wildman–Crippen LogP) is 3.01. The molecule has 0 amide bonds. The molecular formula is C16H24N2O. The molecule has 0 saturated carbocycles. The highest BCUT2D eigenvalue weighted by atomic mass is 16.5. The van der Waals surface area contributed by atoms with Crippen LogP contribution in [0.4, 0.5) is 0 Å². The molecule has 2 heterocycles. The predicted molar refractivity (Wildman–Crippen MR) is 76.1 cm³/mol. The lowest BCUT2D eigenvalue weighted by Gasteiger charge is -2.38. The van der Waals surface area contributed by atoms with Crippen LogP contribution in [-0.2, 0) is 11.2 Å². The van der Waals surface area contributed by atoms with Crippen molar-refractivity contribution in [3.05, 3.63) is 29.6 Å². The number of aromatic nitrogens is 1. The summed E-state index contributed by atoms with van der Waals surface area (Å²) < 4.78 is 5.80. The largest absolute Gasteiger partial charge is 0.375 e. The zero-order chi connectivity index (χ0) is 13.3. The first-order valence-electron chi connectivity index (χ1n) is 7.48. The van der Waals surface area contributed by atoms with Gasteiger partial charge in [-0.2, -0.15) is 0 Å². The summed E-state index contributed by atoms with van der Waals surface area (Å²) in [6, 6.07) is 5.27. The molecule has 3 rings (SSSR count). The Kier molecular flexibility index (Phi) is 3.59. The topological polar surface area (TPSA) is 34.2 Å². The molecular weight excluding hydrogens is 236 g/mol. The van der Waals surface area contributed by atoms with Crippen LogP contribution in [0.2, 0.25) is 0 Å². The van der Waals surface area contributed by atoms with Crippen LogP contribution in [0.5, 0.6) is 0 Å². The van der Waals surface area contributed by atoms with E-state index in [0.717, 1.165) is 19.4 Å². The van der Waals surface area contributed by atoms with Crippen molar-refractivity contribution in [1.29, 1.82) is 0 Å². The highest BCUT2D eigenvalue weighted by Gasteiger charge is 2.31. The standard InChI is InChI=1S/C16H24N2O/c1-16(2)11-13(8-10-19-16)18-14-7-3-5-12-6-4-9-17-15(12)14/h4,6,9,13-14,18H,3,5,7-8,10-11H2,1-2H3. The minimum atomic E-state index is 0.0114. The van der Waals surface area contributed by atoms with Gasteiger partial charge in [0.1, 0.15) is 0 Å². The molecule has 0 bridgehead atoms. The van der Waals surface area contributed by atoms with Crippen molar-refractivity contribution in [3.8, 4) is 0 Å². The van der Waals surface area contributed by atoms with E-state index in [9.17, 15) is 0 Å². The molecule has 104 valence electrons. The summed E-state index contributed by atoms with van der Waals surface area (Å²) in [6.07, 6.45) is 7.78. The van der Waals surface area contributed by atoms with Crippen LogP contribution in [0.15, 0.2) is 18.3 Å². The van der Waals surface area contributed by atoms with E-state index in [2.05, 4.69) is 36.3 Å². The van der Waals surface area contributed by atoms with Gasteiger partial charge < -0.3 is 10.1 Å². The van der Waals surface area contributed by atoms with Crippen LogP contribution in [0.1, 0.15) is 56.8 Å². The lowest BCUT2D eigenvalue weighted by molar-refractivity contribution is -0.0645. The smallest absolute Gasteiger partial charge is 0.0641 e. The number of hydrogen-bond donors (Lipinski definition) is 1. The van der Waals surface area contributed by atoms with E-state index < -0.39 is 0 Å². The van der Waals surface area contributed by atoms with Gasteiger partial charge in [-0.05, 0) is 57.6 Å². The van der Waals surface area contributed by atoms with Crippen LogP contribution < -0.4 is 5.32 Å². The van der Waals surface area contributed by atoms with Gasteiger partial charge in [0.25, 0.3) is 0 Å². The van der Waals surface area contributed by atoms with Gasteiger partial charge in [0, 0.05) is 24.9 Å². The Morgan fingerprint density at radius 2 is 2.26 bits per heavy atom. The van der Waals surface area contributed by atoms with Crippen molar-refractivity contribution in [3.63, 3.8) is 0 Å². The van der Waals surface area contributed by atoms with E-state index in [1.165, 1.54) is 30.5 Å². The summed E-state index contributed by atoms with van der Waals surface area (Å²) in [5.41, 5.74) is 2.72. The van der Waals surface area contributed by atoms with E-state index in [-0.39, 0.29) is 5.60 Å². The number of hydrogen-bond acceptors (Lipinski definition) is 3. The number of ether oxygens (including phenoxy) is 1. The van der Waals surface area contributed by atoms with E-state index in [1.54, 1.807) is 0 Å². The monoisotopic (exact) mass is 260 g/mol. The SMILES string of the molecule is CC1(C)CC(NC2CCCc3cccnc32)CCO1. The second-order valence-electron chi connectivity index (χ2n) is 6.46. The number of nitrogens with one attached hydrogen (secondary N) is 1. The molecule has 1 aliphatic heterocycles. The van der Waals surface area contributed by atoms with Gasteiger partial charge in [0.05, 0.1) is 11.3 Å². The van der Waals surface area contributed by atoms with Crippen molar-refractivity contribution in [2.75, 3.05) is 6.61 Å². The zero-order valence-corrected chi connectivity index (χ0v) is 12.0. The van der Waals surface area contributed by atoms with Gasteiger partial charge in [-0.15, -0.1) is 0 Å². The van der Waals surface area contributed by atoms with Gasteiger partial charge in [-0.3, -0.25) is 4.98 Å². The van der Waals surface area contributed by atoms with E-state index >= 15 is 0 Å².